The molecule has 0 aliphatic carbocycles. The van der Waals surface area contributed by atoms with E-state index in [0.29, 0.717) is 0 Å². The van der Waals surface area contributed by atoms with Gasteiger partial charge in [-0.25, -0.2) is 4.84 Å². The zero-order valence-corrected chi connectivity index (χ0v) is 16.4. The molecule has 0 saturated carbocycles. The van der Waals surface area contributed by atoms with E-state index in [4.69, 9.17) is 16.5 Å². The van der Waals surface area contributed by atoms with Crippen LogP contribution in [-0.4, -0.2) is 25.0 Å². The highest BCUT2D eigenvalue weighted by atomic mass is 35.5. The number of halogens is 1. The lowest BCUT2D eigenvalue weighted by Crippen LogP contribution is -2.47. The van der Waals surface area contributed by atoms with Crippen LogP contribution < -0.4 is 10.2 Å². The molecule has 1 aromatic carbocycles. The lowest BCUT2D eigenvalue weighted by molar-refractivity contribution is -0.149. The topological polar surface area (TPSA) is 67.4 Å². The number of hydrogen-bond donors (Lipinski definition) is 2. The van der Waals surface area contributed by atoms with Crippen molar-refractivity contribution in [3.63, 3.8) is 0 Å². The molecule has 6 heteroatoms. The van der Waals surface area contributed by atoms with Crippen molar-refractivity contribution in [2.45, 2.75) is 40.7 Å². The van der Waals surface area contributed by atoms with Crippen LogP contribution in [0.3, 0.4) is 0 Å². The van der Waals surface area contributed by atoms with Gasteiger partial charge in [0.25, 0.3) is 0 Å². The molecule has 1 atom stereocenters. The molecular weight excluding hydrogens is 340 g/mol. The number of carbonyl (C=O) groups excluding carboxylic acids is 2. The van der Waals surface area contributed by atoms with E-state index in [2.05, 4.69) is 10.2 Å². The minimum absolute atomic E-state index is 0.0371. The van der Waals surface area contributed by atoms with Gasteiger partial charge in [0.1, 0.15) is 12.6 Å². The van der Waals surface area contributed by atoms with E-state index in [1.807, 2.05) is 65.0 Å². The van der Waals surface area contributed by atoms with Gasteiger partial charge in [-0.1, -0.05) is 65.0 Å². The summed E-state index contributed by atoms with van der Waals surface area (Å²) in [4.78, 5) is 26.9. The standard InChI is InChI=1S/C19H29ClN2O3/c1-13(2)19(5,14(3)4)18(24)21-11-16(25-17(23)12-22-20)15-9-7-6-8-10-15/h6-10,13-14,16,22H,11-12H2,1-5H3,(H,21,24)/t16-/m1/s1. The summed E-state index contributed by atoms with van der Waals surface area (Å²) in [6, 6.07) is 9.34. The molecular formula is C19H29ClN2O3. The maximum absolute atomic E-state index is 12.8. The molecule has 0 aliphatic rings. The summed E-state index contributed by atoms with van der Waals surface area (Å²) in [5, 5.41) is 2.96. The van der Waals surface area contributed by atoms with Crippen LogP contribution in [0, 0.1) is 17.3 Å². The summed E-state index contributed by atoms with van der Waals surface area (Å²) < 4.78 is 5.46. The Kier molecular flexibility index (Phi) is 8.39. The first-order valence-electron chi connectivity index (χ1n) is 8.59. The molecule has 0 unspecified atom stereocenters. The zero-order chi connectivity index (χ0) is 19.0. The number of amides is 1. The molecule has 5 nitrogen and oxygen atoms in total. The molecule has 1 aromatic rings. The molecule has 25 heavy (non-hydrogen) atoms. The molecule has 2 N–H and O–H groups in total. The van der Waals surface area contributed by atoms with Crippen LogP contribution in [0.5, 0.6) is 0 Å². The van der Waals surface area contributed by atoms with E-state index in [-0.39, 0.29) is 30.8 Å². The normalized spacial score (nSPS) is 13.0. The highest BCUT2D eigenvalue weighted by Crippen LogP contribution is 2.35. The second-order valence-electron chi connectivity index (χ2n) is 7.00. The number of carbonyl (C=O) groups is 2. The fraction of sp³-hybridized carbons (Fsp3) is 0.579. The molecule has 0 aliphatic heterocycles. The number of hydrogen-bond acceptors (Lipinski definition) is 4. The highest BCUT2D eigenvalue weighted by Gasteiger charge is 2.39. The largest absolute Gasteiger partial charge is 0.455 e. The van der Waals surface area contributed by atoms with Crippen molar-refractivity contribution in [2.75, 3.05) is 13.1 Å². The quantitative estimate of drug-likeness (QED) is 0.517. The number of benzene rings is 1. The third-order valence-electron chi connectivity index (χ3n) is 4.99. The Morgan fingerprint density at radius 1 is 1.12 bits per heavy atom. The molecule has 0 bridgehead atoms. The average molecular weight is 369 g/mol. The summed E-state index contributed by atoms with van der Waals surface area (Å²) in [5.74, 6) is -0.144. The first kappa shape index (κ1) is 21.5. The molecule has 1 amide bonds. The van der Waals surface area contributed by atoms with E-state index in [9.17, 15) is 9.59 Å². The number of nitrogens with one attached hydrogen (secondary N) is 2. The van der Waals surface area contributed by atoms with Crippen molar-refractivity contribution < 1.29 is 14.3 Å². The van der Waals surface area contributed by atoms with Crippen LogP contribution in [0.4, 0.5) is 0 Å². The molecule has 140 valence electrons. The van der Waals surface area contributed by atoms with Crippen LogP contribution in [0.15, 0.2) is 30.3 Å². The van der Waals surface area contributed by atoms with E-state index in [1.54, 1.807) is 0 Å². The van der Waals surface area contributed by atoms with Crippen molar-refractivity contribution >= 4 is 23.7 Å². The summed E-state index contributed by atoms with van der Waals surface area (Å²) in [5.41, 5.74) is 0.324. The molecule has 0 radical (unpaired) electrons. The van der Waals surface area contributed by atoms with Gasteiger partial charge in [-0.05, 0) is 29.2 Å². The van der Waals surface area contributed by atoms with Gasteiger partial charge in [-0.2, -0.15) is 0 Å². The van der Waals surface area contributed by atoms with Gasteiger partial charge in [0.05, 0.1) is 12.0 Å². The lowest BCUT2D eigenvalue weighted by Gasteiger charge is -2.36. The minimum atomic E-state index is -0.564. The Morgan fingerprint density at radius 2 is 1.68 bits per heavy atom. The van der Waals surface area contributed by atoms with E-state index >= 15 is 0 Å². The van der Waals surface area contributed by atoms with Crippen LogP contribution >= 0.6 is 11.8 Å². The smallest absolute Gasteiger partial charge is 0.321 e. The van der Waals surface area contributed by atoms with Crippen molar-refractivity contribution in [1.82, 2.24) is 10.2 Å². The number of esters is 1. The predicted octanol–water partition coefficient (Wildman–Crippen LogP) is 3.45. The van der Waals surface area contributed by atoms with Crippen LogP contribution in [0.2, 0.25) is 0 Å². The van der Waals surface area contributed by atoms with Gasteiger partial charge >= 0.3 is 5.97 Å². The van der Waals surface area contributed by atoms with Crippen LogP contribution in [0.1, 0.15) is 46.3 Å². The monoisotopic (exact) mass is 368 g/mol. The first-order valence-corrected chi connectivity index (χ1v) is 8.97. The fourth-order valence-electron chi connectivity index (χ4n) is 2.72. The van der Waals surface area contributed by atoms with Gasteiger partial charge in [0.15, 0.2) is 0 Å². The molecule has 1 rings (SSSR count). The zero-order valence-electron chi connectivity index (χ0n) is 15.6. The lowest BCUT2D eigenvalue weighted by atomic mass is 9.70. The summed E-state index contributed by atoms with van der Waals surface area (Å²) in [7, 11) is 0. The van der Waals surface area contributed by atoms with Crippen molar-refractivity contribution in [2.24, 2.45) is 17.3 Å². The Labute approximate surface area is 155 Å². The summed E-state index contributed by atoms with van der Waals surface area (Å²) in [6.07, 6.45) is -0.564. The third kappa shape index (κ3) is 5.72. The average Bonchev–Trinajstić information content (AvgIpc) is 2.58. The molecule has 0 aromatic heterocycles. The summed E-state index contributed by atoms with van der Waals surface area (Å²) >= 11 is 5.36. The Bertz CT molecular complexity index is 553. The Morgan fingerprint density at radius 3 is 2.16 bits per heavy atom. The molecule has 0 saturated heterocycles. The first-order chi connectivity index (χ1) is 11.7. The molecule has 0 fully saturated rings. The summed E-state index contributed by atoms with van der Waals surface area (Å²) in [6.45, 7) is 10.3. The van der Waals surface area contributed by atoms with E-state index in [1.165, 1.54) is 0 Å². The van der Waals surface area contributed by atoms with Gasteiger partial charge in [0.2, 0.25) is 5.91 Å². The third-order valence-corrected chi connectivity index (χ3v) is 5.13. The fourth-order valence-corrected chi connectivity index (χ4v) is 2.83. The second kappa shape index (κ2) is 9.78. The van der Waals surface area contributed by atoms with E-state index < -0.39 is 17.5 Å². The van der Waals surface area contributed by atoms with Gasteiger partial charge in [-0.15, -0.1) is 0 Å². The van der Waals surface area contributed by atoms with Gasteiger partial charge < -0.3 is 10.1 Å². The van der Waals surface area contributed by atoms with Crippen molar-refractivity contribution in [3.05, 3.63) is 35.9 Å². The second-order valence-corrected chi connectivity index (χ2v) is 7.27. The maximum atomic E-state index is 12.8. The van der Waals surface area contributed by atoms with Gasteiger partial charge in [-0.3, -0.25) is 9.59 Å². The van der Waals surface area contributed by atoms with Crippen LogP contribution in [0.25, 0.3) is 0 Å². The minimum Gasteiger partial charge on any atom is -0.455 e. The van der Waals surface area contributed by atoms with Crippen molar-refractivity contribution in [1.29, 1.82) is 0 Å². The molecule has 0 spiro atoms. The van der Waals surface area contributed by atoms with E-state index in [0.717, 1.165) is 5.56 Å². The Hall–Kier alpha value is -1.59. The highest BCUT2D eigenvalue weighted by molar-refractivity contribution is 6.14. The van der Waals surface area contributed by atoms with Gasteiger partial charge in [0, 0.05) is 0 Å². The van der Waals surface area contributed by atoms with Crippen molar-refractivity contribution in [3.8, 4) is 0 Å². The maximum Gasteiger partial charge on any atom is 0.321 e. The number of ether oxygens (including phenoxy) is 1. The molecule has 0 heterocycles. The van der Waals surface area contributed by atoms with Crippen LogP contribution in [-0.2, 0) is 14.3 Å². The SMILES string of the molecule is CC(C)C(C)(C(=O)NC[C@@H](OC(=O)CNCl)c1ccccc1)C(C)C. The Balaban J connectivity index is 2.88. The number of rotatable bonds is 9. The predicted molar refractivity (Wildman–Crippen MR) is 99.9 cm³/mol.